The van der Waals surface area contributed by atoms with Crippen molar-refractivity contribution >= 4 is 15.7 Å². The molecule has 1 aliphatic rings. The summed E-state index contributed by atoms with van der Waals surface area (Å²) in [6.07, 6.45) is -4.42. The average Bonchev–Trinajstić information content (AvgIpc) is 2.80. The number of sulfonamides is 1. The van der Waals surface area contributed by atoms with Gasteiger partial charge < -0.3 is 9.64 Å². The summed E-state index contributed by atoms with van der Waals surface area (Å²) in [5.74, 6) is 1.17. The summed E-state index contributed by atoms with van der Waals surface area (Å²) in [5, 5.41) is 0. The Balaban J connectivity index is 1.42. The summed E-state index contributed by atoms with van der Waals surface area (Å²) in [4.78, 5) is 1.91. The first kappa shape index (κ1) is 22.2. The molecule has 0 aliphatic carbocycles. The highest BCUT2D eigenvalue weighted by atomic mass is 32.2. The van der Waals surface area contributed by atoms with Gasteiger partial charge in [-0.05, 0) is 54.6 Å². The van der Waals surface area contributed by atoms with E-state index in [4.69, 9.17) is 4.74 Å². The maximum absolute atomic E-state index is 13.0. The fourth-order valence-electron chi connectivity index (χ4n) is 3.52. The van der Waals surface area contributed by atoms with Gasteiger partial charge in [0.15, 0.2) is 0 Å². The second-order valence-electron chi connectivity index (χ2n) is 7.33. The van der Waals surface area contributed by atoms with Gasteiger partial charge in [-0.1, -0.05) is 24.3 Å². The van der Waals surface area contributed by atoms with Crippen LogP contribution in [-0.4, -0.2) is 38.9 Å². The third-order valence-electron chi connectivity index (χ3n) is 5.22. The van der Waals surface area contributed by atoms with E-state index in [1.807, 2.05) is 18.2 Å². The highest BCUT2D eigenvalue weighted by molar-refractivity contribution is 7.89. The second kappa shape index (κ2) is 8.84. The molecule has 0 atom stereocenters. The van der Waals surface area contributed by atoms with E-state index in [0.29, 0.717) is 30.3 Å². The minimum absolute atomic E-state index is 0.144. The Hall–Kier alpha value is -3.04. The molecule has 0 spiro atoms. The van der Waals surface area contributed by atoms with E-state index in [0.717, 1.165) is 12.1 Å². The lowest BCUT2D eigenvalue weighted by Gasteiger charge is -2.35. The summed E-state index contributed by atoms with van der Waals surface area (Å²) < 4.78 is 72.0. The fraction of sp³-hybridized carbons (Fsp3) is 0.217. The SMILES string of the molecule is O=S(=O)(c1ccc(Oc2ccccc2)cc1)N1CCN(c2cccc(C(F)(F)F)c2)CC1. The minimum Gasteiger partial charge on any atom is -0.457 e. The van der Waals surface area contributed by atoms with Crippen LogP contribution in [0, 0.1) is 0 Å². The van der Waals surface area contributed by atoms with Crippen LogP contribution in [0.4, 0.5) is 18.9 Å². The van der Waals surface area contributed by atoms with Crippen LogP contribution in [0.2, 0.25) is 0 Å². The molecule has 1 saturated heterocycles. The van der Waals surface area contributed by atoms with Crippen molar-refractivity contribution in [3.05, 3.63) is 84.4 Å². The van der Waals surface area contributed by atoms with Gasteiger partial charge in [-0.3, -0.25) is 0 Å². The molecule has 0 saturated carbocycles. The van der Waals surface area contributed by atoms with Crippen molar-refractivity contribution in [2.24, 2.45) is 0 Å². The number of rotatable bonds is 5. The van der Waals surface area contributed by atoms with Gasteiger partial charge in [0.2, 0.25) is 10.0 Å². The van der Waals surface area contributed by atoms with Crippen LogP contribution >= 0.6 is 0 Å². The van der Waals surface area contributed by atoms with Gasteiger partial charge >= 0.3 is 6.18 Å². The van der Waals surface area contributed by atoms with Gasteiger partial charge in [-0.25, -0.2) is 8.42 Å². The lowest BCUT2D eigenvalue weighted by Crippen LogP contribution is -2.48. The zero-order valence-electron chi connectivity index (χ0n) is 17.0. The normalized spacial score (nSPS) is 15.5. The summed E-state index contributed by atoms with van der Waals surface area (Å²) >= 11 is 0. The van der Waals surface area contributed by atoms with Gasteiger partial charge in [0, 0.05) is 31.9 Å². The van der Waals surface area contributed by atoms with E-state index in [1.165, 1.54) is 22.5 Å². The molecular formula is C23H21F3N2O3S. The molecule has 0 N–H and O–H groups in total. The van der Waals surface area contributed by atoms with Crippen molar-refractivity contribution in [2.75, 3.05) is 31.1 Å². The molecule has 32 heavy (non-hydrogen) atoms. The van der Waals surface area contributed by atoms with Crippen molar-refractivity contribution in [1.82, 2.24) is 4.31 Å². The first-order valence-corrected chi connectivity index (χ1v) is 11.4. The number of anilines is 1. The molecule has 0 radical (unpaired) electrons. The molecular weight excluding hydrogens is 441 g/mol. The van der Waals surface area contributed by atoms with Crippen LogP contribution in [0.15, 0.2) is 83.8 Å². The summed E-state index contributed by atoms with van der Waals surface area (Å²) in [6.45, 7) is 0.965. The Bertz CT molecular complexity index is 1160. The molecule has 9 heteroatoms. The van der Waals surface area contributed by atoms with E-state index in [-0.39, 0.29) is 18.0 Å². The van der Waals surface area contributed by atoms with Crippen molar-refractivity contribution in [3.8, 4) is 11.5 Å². The Morgan fingerprint density at radius 1 is 0.750 bits per heavy atom. The van der Waals surface area contributed by atoms with Crippen molar-refractivity contribution in [2.45, 2.75) is 11.1 Å². The predicted molar refractivity (Wildman–Crippen MR) is 115 cm³/mol. The van der Waals surface area contributed by atoms with Crippen LogP contribution in [0.3, 0.4) is 0 Å². The molecule has 0 aromatic heterocycles. The molecule has 0 bridgehead atoms. The smallest absolute Gasteiger partial charge is 0.416 e. The average molecular weight is 462 g/mol. The number of benzene rings is 3. The maximum atomic E-state index is 13.0. The second-order valence-corrected chi connectivity index (χ2v) is 9.26. The van der Waals surface area contributed by atoms with Crippen LogP contribution in [-0.2, 0) is 16.2 Å². The molecule has 3 aromatic carbocycles. The Kier molecular flexibility index (Phi) is 6.12. The molecule has 3 aromatic rings. The van der Waals surface area contributed by atoms with Gasteiger partial charge in [-0.15, -0.1) is 0 Å². The molecule has 1 heterocycles. The Morgan fingerprint density at radius 3 is 2.00 bits per heavy atom. The van der Waals surface area contributed by atoms with Crippen molar-refractivity contribution < 1.29 is 26.3 Å². The lowest BCUT2D eigenvalue weighted by atomic mass is 10.1. The number of hydrogen-bond acceptors (Lipinski definition) is 4. The topological polar surface area (TPSA) is 49.9 Å². The van der Waals surface area contributed by atoms with E-state index in [2.05, 4.69) is 0 Å². The van der Waals surface area contributed by atoms with Crippen LogP contribution in [0.1, 0.15) is 5.56 Å². The van der Waals surface area contributed by atoms with Gasteiger partial charge in [0.1, 0.15) is 11.5 Å². The standard InChI is InChI=1S/C23H21F3N2O3S/c24-23(25,26)18-5-4-6-19(17-18)27-13-15-28(16-14-27)32(29,30)22-11-9-21(10-12-22)31-20-7-2-1-3-8-20/h1-12,17H,13-16H2. The molecule has 168 valence electrons. The van der Waals surface area contributed by atoms with E-state index < -0.39 is 21.8 Å². The zero-order valence-corrected chi connectivity index (χ0v) is 17.8. The van der Waals surface area contributed by atoms with Gasteiger partial charge in [0.25, 0.3) is 0 Å². The summed E-state index contributed by atoms with van der Waals surface area (Å²) in [7, 11) is -3.72. The number of ether oxygens (including phenoxy) is 1. The van der Waals surface area contributed by atoms with Gasteiger partial charge in [0.05, 0.1) is 10.5 Å². The third-order valence-corrected chi connectivity index (χ3v) is 7.13. The Labute approximate surface area is 184 Å². The lowest BCUT2D eigenvalue weighted by molar-refractivity contribution is -0.137. The maximum Gasteiger partial charge on any atom is 0.416 e. The highest BCUT2D eigenvalue weighted by Crippen LogP contribution is 2.32. The van der Waals surface area contributed by atoms with Crippen molar-refractivity contribution in [3.63, 3.8) is 0 Å². The number of alkyl halides is 3. The van der Waals surface area contributed by atoms with E-state index in [9.17, 15) is 21.6 Å². The predicted octanol–water partition coefficient (Wildman–Crippen LogP) is 5.01. The van der Waals surface area contributed by atoms with Crippen LogP contribution in [0.25, 0.3) is 0 Å². The summed E-state index contributed by atoms with van der Waals surface area (Å²) in [6, 6.07) is 20.4. The minimum atomic E-state index is -4.42. The number of hydrogen-bond donors (Lipinski definition) is 0. The molecule has 1 fully saturated rings. The quantitative estimate of drug-likeness (QED) is 0.535. The molecule has 0 unspecified atom stereocenters. The Morgan fingerprint density at radius 2 is 1.38 bits per heavy atom. The van der Waals surface area contributed by atoms with Crippen LogP contribution in [0.5, 0.6) is 11.5 Å². The number of nitrogens with zero attached hydrogens (tertiary/aromatic N) is 2. The zero-order chi connectivity index (χ0) is 22.8. The first-order chi connectivity index (χ1) is 15.2. The molecule has 1 aliphatic heterocycles. The van der Waals surface area contributed by atoms with Crippen molar-refractivity contribution in [1.29, 1.82) is 0 Å². The van der Waals surface area contributed by atoms with Gasteiger partial charge in [-0.2, -0.15) is 17.5 Å². The highest BCUT2D eigenvalue weighted by Gasteiger charge is 2.32. The molecule has 5 nitrogen and oxygen atoms in total. The number of halogens is 3. The van der Waals surface area contributed by atoms with Crippen LogP contribution < -0.4 is 9.64 Å². The largest absolute Gasteiger partial charge is 0.457 e. The first-order valence-electron chi connectivity index (χ1n) is 9.99. The molecule has 0 amide bonds. The fourth-order valence-corrected chi connectivity index (χ4v) is 4.94. The molecule has 4 rings (SSSR count). The number of para-hydroxylation sites is 1. The third kappa shape index (κ3) is 4.89. The number of piperazine rings is 1. The summed E-state index contributed by atoms with van der Waals surface area (Å²) in [5.41, 5.74) is -0.290. The van der Waals surface area contributed by atoms with E-state index >= 15 is 0 Å². The van der Waals surface area contributed by atoms with E-state index in [1.54, 1.807) is 35.2 Å². The monoisotopic (exact) mass is 462 g/mol.